The smallest absolute Gasteiger partial charge is 0.311 e. The first kappa shape index (κ1) is 17.5. The van der Waals surface area contributed by atoms with Gasteiger partial charge in [0.2, 0.25) is 0 Å². The molecule has 0 spiro atoms. The lowest BCUT2D eigenvalue weighted by Crippen LogP contribution is -2.17. The summed E-state index contributed by atoms with van der Waals surface area (Å²) < 4.78 is 7.46. The molecule has 1 aliphatic carbocycles. The van der Waals surface area contributed by atoms with E-state index in [-0.39, 0.29) is 0 Å². The predicted octanol–water partition coefficient (Wildman–Crippen LogP) is 4.12. The van der Waals surface area contributed by atoms with Crippen LogP contribution in [0, 0.1) is 6.92 Å². The number of aromatic nitrogens is 2. The molecule has 0 bridgehead atoms. The molecule has 1 N–H and O–H groups in total. The van der Waals surface area contributed by atoms with Crippen molar-refractivity contribution in [2.45, 2.75) is 57.4 Å². The molecule has 5 heteroatoms. The van der Waals surface area contributed by atoms with Crippen molar-refractivity contribution in [3.63, 3.8) is 0 Å². The van der Waals surface area contributed by atoms with Gasteiger partial charge in [-0.05, 0) is 31.9 Å². The van der Waals surface area contributed by atoms with Crippen LogP contribution in [0.25, 0.3) is 0 Å². The van der Waals surface area contributed by atoms with Crippen LogP contribution in [0.15, 0.2) is 30.3 Å². The summed E-state index contributed by atoms with van der Waals surface area (Å²) in [6, 6.07) is 9.81. The van der Waals surface area contributed by atoms with Crippen molar-refractivity contribution in [1.29, 1.82) is 0 Å². The van der Waals surface area contributed by atoms with Gasteiger partial charge in [0.25, 0.3) is 0 Å². The van der Waals surface area contributed by atoms with Gasteiger partial charge in [0.15, 0.2) is 0 Å². The molecular weight excluding hydrogens is 316 g/mol. The molecule has 1 saturated carbocycles. The van der Waals surface area contributed by atoms with Crippen LogP contribution < -0.4 is 4.74 Å². The van der Waals surface area contributed by atoms with E-state index in [0.717, 1.165) is 24.2 Å². The Labute approximate surface area is 148 Å². The number of aryl methyl sites for hydroxylation is 1. The summed E-state index contributed by atoms with van der Waals surface area (Å²) in [5, 5.41) is 14.5. The fourth-order valence-electron chi connectivity index (χ4n) is 3.84. The SMILES string of the molecule is COc1ccccc1C(Cc1cc(C)n(C2CCCCC2)n1)C(=O)O. The van der Waals surface area contributed by atoms with E-state index in [0.29, 0.717) is 23.8 Å². The molecule has 1 fully saturated rings. The lowest BCUT2D eigenvalue weighted by molar-refractivity contribution is -0.138. The first-order valence-corrected chi connectivity index (χ1v) is 9.01. The van der Waals surface area contributed by atoms with Crippen molar-refractivity contribution in [3.8, 4) is 5.75 Å². The maximum absolute atomic E-state index is 11.9. The van der Waals surface area contributed by atoms with Gasteiger partial charge in [-0.2, -0.15) is 5.10 Å². The molecule has 0 radical (unpaired) electrons. The zero-order valence-electron chi connectivity index (χ0n) is 14.9. The zero-order chi connectivity index (χ0) is 17.8. The highest BCUT2D eigenvalue weighted by Crippen LogP contribution is 2.32. The number of hydrogen-bond acceptors (Lipinski definition) is 3. The molecule has 1 atom stereocenters. The molecule has 0 aliphatic heterocycles. The molecule has 5 nitrogen and oxygen atoms in total. The van der Waals surface area contributed by atoms with E-state index in [1.807, 2.05) is 24.3 Å². The van der Waals surface area contributed by atoms with Gasteiger partial charge in [-0.3, -0.25) is 9.48 Å². The molecule has 0 amide bonds. The van der Waals surface area contributed by atoms with Crippen molar-refractivity contribution >= 4 is 5.97 Å². The van der Waals surface area contributed by atoms with Gasteiger partial charge in [-0.15, -0.1) is 0 Å². The van der Waals surface area contributed by atoms with Crippen molar-refractivity contribution in [3.05, 3.63) is 47.3 Å². The number of benzene rings is 1. The number of carboxylic acid groups (broad SMARTS) is 1. The van der Waals surface area contributed by atoms with Crippen molar-refractivity contribution in [2.75, 3.05) is 7.11 Å². The number of para-hydroxylation sites is 1. The van der Waals surface area contributed by atoms with Crippen LogP contribution in [0.5, 0.6) is 5.75 Å². The molecule has 1 aromatic carbocycles. The molecule has 0 saturated heterocycles. The minimum absolute atomic E-state index is 0.371. The monoisotopic (exact) mass is 342 g/mol. The number of methoxy groups -OCH3 is 1. The summed E-state index contributed by atoms with van der Waals surface area (Å²) in [5.41, 5.74) is 2.65. The second-order valence-electron chi connectivity index (χ2n) is 6.85. The number of carbonyl (C=O) groups is 1. The minimum atomic E-state index is -0.852. The summed E-state index contributed by atoms with van der Waals surface area (Å²) in [5.74, 6) is -0.905. The topological polar surface area (TPSA) is 64.4 Å². The van der Waals surface area contributed by atoms with Gasteiger partial charge in [0, 0.05) is 17.7 Å². The van der Waals surface area contributed by atoms with E-state index in [4.69, 9.17) is 9.84 Å². The third-order valence-electron chi connectivity index (χ3n) is 5.12. The Bertz CT molecular complexity index is 732. The average molecular weight is 342 g/mol. The maximum atomic E-state index is 11.9. The summed E-state index contributed by atoms with van der Waals surface area (Å²) in [6.45, 7) is 2.06. The first-order valence-electron chi connectivity index (χ1n) is 9.01. The number of ether oxygens (including phenoxy) is 1. The van der Waals surface area contributed by atoms with E-state index < -0.39 is 11.9 Å². The van der Waals surface area contributed by atoms with Gasteiger partial charge >= 0.3 is 5.97 Å². The van der Waals surface area contributed by atoms with Gasteiger partial charge in [-0.1, -0.05) is 37.5 Å². The highest BCUT2D eigenvalue weighted by atomic mass is 16.5. The molecule has 1 heterocycles. The van der Waals surface area contributed by atoms with Crippen molar-refractivity contribution in [2.24, 2.45) is 0 Å². The fourth-order valence-corrected chi connectivity index (χ4v) is 3.84. The number of rotatable bonds is 6. The Morgan fingerprint density at radius 3 is 2.72 bits per heavy atom. The normalized spacial score (nSPS) is 16.6. The second-order valence-corrected chi connectivity index (χ2v) is 6.85. The van der Waals surface area contributed by atoms with Crippen LogP contribution in [0.3, 0.4) is 0 Å². The molecule has 3 rings (SSSR count). The lowest BCUT2D eigenvalue weighted by Gasteiger charge is -2.23. The zero-order valence-corrected chi connectivity index (χ0v) is 14.9. The third-order valence-corrected chi connectivity index (χ3v) is 5.12. The highest BCUT2D eigenvalue weighted by molar-refractivity contribution is 5.77. The Morgan fingerprint density at radius 2 is 2.04 bits per heavy atom. The largest absolute Gasteiger partial charge is 0.496 e. The molecule has 25 heavy (non-hydrogen) atoms. The van der Waals surface area contributed by atoms with E-state index in [2.05, 4.69) is 11.6 Å². The van der Waals surface area contributed by atoms with E-state index in [1.165, 1.54) is 19.3 Å². The van der Waals surface area contributed by atoms with E-state index >= 15 is 0 Å². The molecular formula is C20H26N2O3. The molecule has 1 aliphatic rings. The summed E-state index contributed by atoms with van der Waals surface area (Å²) in [4.78, 5) is 11.9. The summed E-state index contributed by atoms with van der Waals surface area (Å²) in [7, 11) is 1.57. The molecule has 1 unspecified atom stereocenters. The Morgan fingerprint density at radius 1 is 1.32 bits per heavy atom. The van der Waals surface area contributed by atoms with Crippen LogP contribution in [-0.4, -0.2) is 28.0 Å². The molecule has 2 aromatic rings. The molecule has 1 aromatic heterocycles. The maximum Gasteiger partial charge on any atom is 0.311 e. The second kappa shape index (κ2) is 7.72. The van der Waals surface area contributed by atoms with E-state index in [1.54, 1.807) is 13.2 Å². The molecule has 134 valence electrons. The minimum Gasteiger partial charge on any atom is -0.496 e. The van der Waals surface area contributed by atoms with Gasteiger partial charge < -0.3 is 9.84 Å². The number of hydrogen-bond donors (Lipinski definition) is 1. The van der Waals surface area contributed by atoms with E-state index in [9.17, 15) is 9.90 Å². The van der Waals surface area contributed by atoms with Crippen LogP contribution >= 0.6 is 0 Å². The third kappa shape index (κ3) is 3.86. The number of carboxylic acids is 1. The van der Waals surface area contributed by atoms with Crippen LogP contribution in [-0.2, 0) is 11.2 Å². The van der Waals surface area contributed by atoms with Gasteiger partial charge in [0.1, 0.15) is 5.75 Å². The van der Waals surface area contributed by atoms with Crippen molar-refractivity contribution < 1.29 is 14.6 Å². The number of nitrogens with zero attached hydrogens (tertiary/aromatic N) is 2. The van der Waals surface area contributed by atoms with Gasteiger partial charge in [-0.25, -0.2) is 0 Å². The lowest BCUT2D eigenvalue weighted by atomic mass is 9.93. The standard InChI is InChI=1S/C20H26N2O3/c1-14-12-15(21-22(14)16-8-4-3-5-9-16)13-18(20(23)24)17-10-6-7-11-19(17)25-2/h6-7,10-12,16,18H,3-5,8-9,13H2,1-2H3,(H,23,24). The average Bonchev–Trinajstić information content (AvgIpc) is 3.00. The Hall–Kier alpha value is -2.30. The quantitative estimate of drug-likeness (QED) is 0.858. The highest BCUT2D eigenvalue weighted by Gasteiger charge is 2.26. The Kier molecular flexibility index (Phi) is 5.41. The predicted molar refractivity (Wildman–Crippen MR) is 96.2 cm³/mol. The van der Waals surface area contributed by atoms with Crippen LogP contribution in [0.1, 0.15) is 61.0 Å². The summed E-state index contributed by atoms with van der Waals surface area (Å²) >= 11 is 0. The summed E-state index contributed by atoms with van der Waals surface area (Å²) in [6.07, 6.45) is 6.50. The van der Waals surface area contributed by atoms with Crippen LogP contribution in [0.2, 0.25) is 0 Å². The number of aliphatic carboxylic acids is 1. The first-order chi connectivity index (χ1) is 12.1. The van der Waals surface area contributed by atoms with Crippen LogP contribution in [0.4, 0.5) is 0 Å². The van der Waals surface area contributed by atoms with Crippen molar-refractivity contribution in [1.82, 2.24) is 9.78 Å². The Balaban J connectivity index is 1.85. The van der Waals surface area contributed by atoms with Gasteiger partial charge in [0.05, 0.1) is 24.8 Å². The fraction of sp³-hybridized carbons (Fsp3) is 0.500.